The zero-order valence-corrected chi connectivity index (χ0v) is 14.3. The first-order valence-corrected chi connectivity index (χ1v) is 8.50. The Morgan fingerprint density at radius 3 is 1.71 bits per heavy atom. The Balaban J connectivity index is 2.09. The van der Waals surface area contributed by atoms with Crippen LogP contribution in [0.15, 0.2) is 24.3 Å². The van der Waals surface area contributed by atoms with E-state index in [1.165, 1.54) is 0 Å². The Labute approximate surface area is 142 Å². The zero-order chi connectivity index (χ0) is 17.4. The smallest absolute Gasteiger partial charge is 0.225 e. The Morgan fingerprint density at radius 2 is 1.29 bits per heavy atom. The predicted molar refractivity (Wildman–Crippen MR) is 95.8 cm³/mol. The van der Waals surface area contributed by atoms with Crippen molar-refractivity contribution in [3.63, 3.8) is 0 Å². The summed E-state index contributed by atoms with van der Waals surface area (Å²) in [7, 11) is 0. The molecule has 0 saturated heterocycles. The fraction of sp³-hybridized carbons (Fsp3) is 0.444. The molecule has 2 aromatic rings. The minimum atomic E-state index is -0.0484. The van der Waals surface area contributed by atoms with Crippen LogP contribution in [0, 0.1) is 0 Å². The van der Waals surface area contributed by atoms with E-state index in [1.54, 1.807) is 12.1 Å². The highest BCUT2D eigenvalue weighted by Crippen LogP contribution is 2.17. The highest BCUT2D eigenvalue weighted by molar-refractivity contribution is 5.92. The van der Waals surface area contributed by atoms with Crippen LogP contribution in [0.2, 0.25) is 0 Å². The predicted octanol–water partition coefficient (Wildman–Crippen LogP) is 3.89. The maximum absolute atomic E-state index is 11.8. The van der Waals surface area contributed by atoms with Gasteiger partial charge < -0.3 is 10.6 Å². The first-order valence-electron chi connectivity index (χ1n) is 8.50. The molecule has 128 valence electrons. The molecule has 0 unspecified atom stereocenters. The summed E-state index contributed by atoms with van der Waals surface area (Å²) >= 11 is 0. The third kappa shape index (κ3) is 5.30. The van der Waals surface area contributed by atoms with Crippen molar-refractivity contribution in [2.75, 3.05) is 10.6 Å². The highest BCUT2D eigenvalue weighted by atomic mass is 16.2. The molecule has 0 atom stereocenters. The number of hydrogen-bond acceptors (Lipinski definition) is 4. The van der Waals surface area contributed by atoms with Gasteiger partial charge in [-0.25, -0.2) is 9.97 Å². The molecule has 6 heteroatoms. The molecule has 2 N–H and O–H groups in total. The third-order valence-corrected chi connectivity index (χ3v) is 3.60. The lowest BCUT2D eigenvalue weighted by molar-refractivity contribution is -0.117. The molecule has 0 aliphatic rings. The lowest BCUT2D eigenvalue weighted by Gasteiger charge is -2.07. The van der Waals surface area contributed by atoms with Gasteiger partial charge in [0.2, 0.25) is 11.8 Å². The Morgan fingerprint density at radius 1 is 0.833 bits per heavy atom. The van der Waals surface area contributed by atoms with Gasteiger partial charge in [0, 0.05) is 18.2 Å². The van der Waals surface area contributed by atoms with Gasteiger partial charge in [-0.15, -0.1) is 0 Å². The molecule has 2 rings (SSSR count). The van der Waals surface area contributed by atoms with Gasteiger partial charge >= 0.3 is 0 Å². The number of carbonyl (C=O) groups excluding carboxylic acids is 2. The second kappa shape index (κ2) is 8.96. The lowest BCUT2D eigenvalue weighted by Crippen LogP contribution is -2.13. The van der Waals surface area contributed by atoms with E-state index < -0.39 is 0 Å². The molecule has 2 aromatic heterocycles. The zero-order valence-electron chi connectivity index (χ0n) is 14.3. The first kappa shape index (κ1) is 17.8. The van der Waals surface area contributed by atoms with Gasteiger partial charge in [0.15, 0.2) is 5.65 Å². The molecular weight excluding hydrogens is 304 g/mol. The number of nitrogens with zero attached hydrogens (tertiary/aromatic N) is 2. The molecule has 0 bridgehead atoms. The van der Waals surface area contributed by atoms with Crippen molar-refractivity contribution in [3.8, 4) is 0 Å². The van der Waals surface area contributed by atoms with Crippen molar-refractivity contribution in [1.29, 1.82) is 0 Å². The van der Waals surface area contributed by atoms with Gasteiger partial charge in [0.1, 0.15) is 11.6 Å². The van der Waals surface area contributed by atoms with Crippen LogP contribution in [0.3, 0.4) is 0 Å². The molecular formula is C18H24N4O2. The molecule has 0 aromatic carbocycles. The standard InChI is InChI=1S/C18H24N4O2/c1-3-5-7-16(23)19-14-11-9-13-10-12-15(22-18(13)21-14)20-17(24)8-6-4-2/h9-12H,3-8H2,1-2H3,(H2,19,20,21,22,23,24). The number of fused-ring (bicyclic) bond motifs is 1. The minimum absolute atomic E-state index is 0.0484. The molecule has 2 heterocycles. The van der Waals surface area contributed by atoms with Crippen LogP contribution in [0.1, 0.15) is 52.4 Å². The van der Waals surface area contributed by atoms with E-state index in [0.29, 0.717) is 30.1 Å². The van der Waals surface area contributed by atoms with Gasteiger partial charge in [-0.2, -0.15) is 0 Å². The molecule has 0 aliphatic carbocycles. The number of anilines is 2. The number of rotatable bonds is 8. The summed E-state index contributed by atoms with van der Waals surface area (Å²) in [6.45, 7) is 4.09. The molecule has 0 fully saturated rings. The number of pyridine rings is 2. The van der Waals surface area contributed by atoms with Crippen molar-refractivity contribution in [1.82, 2.24) is 9.97 Å². The quantitative estimate of drug-likeness (QED) is 0.770. The number of amides is 2. The van der Waals surface area contributed by atoms with Crippen LogP contribution in [0.25, 0.3) is 11.0 Å². The fourth-order valence-electron chi connectivity index (χ4n) is 2.22. The molecule has 2 amide bonds. The molecule has 24 heavy (non-hydrogen) atoms. The lowest BCUT2D eigenvalue weighted by atomic mass is 10.2. The summed E-state index contributed by atoms with van der Waals surface area (Å²) in [6, 6.07) is 7.22. The topological polar surface area (TPSA) is 84.0 Å². The summed E-state index contributed by atoms with van der Waals surface area (Å²) in [5.74, 6) is 0.858. The Bertz CT molecular complexity index is 658. The molecule has 0 saturated carbocycles. The van der Waals surface area contributed by atoms with E-state index in [2.05, 4.69) is 20.6 Å². The van der Waals surface area contributed by atoms with Gasteiger partial charge in [0.05, 0.1) is 0 Å². The molecule has 0 spiro atoms. The normalized spacial score (nSPS) is 10.6. The Hall–Kier alpha value is -2.50. The van der Waals surface area contributed by atoms with E-state index in [-0.39, 0.29) is 11.8 Å². The summed E-state index contributed by atoms with van der Waals surface area (Å²) in [5.41, 5.74) is 0.497. The summed E-state index contributed by atoms with van der Waals surface area (Å²) in [6.07, 6.45) is 4.62. The SMILES string of the molecule is CCCCC(=O)Nc1ccc2ccc(NC(=O)CCCC)nc2n1. The summed E-state index contributed by atoms with van der Waals surface area (Å²) in [5, 5.41) is 6.41. The van der Waals surface area contributed by atoms with Crippen LogP contribution < -0.4 is 10.6 Å². The van der Waals surface area contributed by atoms with Crippen molar-refractivity contribution >= 4 is 34.5 Å². The van der Waals surface area contributed by atoms with E-state index in [4.69, 9.17) is 0 Å². The van der Waals surface area contributed by atoms with Crippen molar-refractivity contribution in [2.45, 2.75) is 52.4 Å². The molecule has 0 aliphatic heterocycles. The average Bonchev–Trinajstić information content (AvgIpc) is 2.58. The summed E-state index contributed by atoms with van der Waals surface area (Å²) < 4.78 is 0. The Kier molecular flexibility index (Phi) is 6.66. The molecule has 6 nitrogen and oxygen atoms in total. The fourth-order valence-corrected chi connectivity index (χ4v) is 2.22. The second-order valence-corrected chi connectivity index (χ2v) is 5.74. The van der Waals surface area contributed by atoms with Crippen molar-refractivity contribution in [2.24, 2.45) is 0 Å². The third-order valence-electron chi connectivity index (χ3n) is 3.60. The van der Waals surface area contributed by atoms with Crippen molar-refractivity contribution < 1.29 is 9.59 Å². The monoisotopic (exact) mass is 328 g/mol. The second-order valence-electron chi connectivity index (χ2n) is 5.74. The van der Waals surface area contributed by atoms with E-state index >= 15 is 0 Å². The van der Waals surface area contributed by atoms with Gasteiger partial charge in [-0.1, -0.05) is 26.7 Å². The van der Waals surface area contributed by atoms with Gasteiger partial charge in [-0.05, 0) is 37.1 Å². The highest BCUT2D eigenvalue weighted by Gasteiger charge is 2.07. The number of carbonyl (C=O) groups is 2. The van der Waals surface area contributed by atoms with Crippen LogP contribution in [-0.2, 0) is 9.59 Å². The van der Waals surface area contributed by atoms with E-state index in [1.807, 2.05) is 26.0 Å². The maximum atomic E-state index is 11.8. The van der Waals surface area contributed by atoms with Crippen LogP contribution in [-0.4, -0.2) is 21.8 Å². The molecule has 0 radical (unpaired) electrons. The van der Waals surface area contributed by atoms with Crippen LogP contribution in [0.4, 0.5) is 11.6 Å². The van der Waals surface area contributed by atoms with E-state index in [9.17, 15) is 9.59 Å². The van der Waals surface area contributed by atoms with Gasteiger partial charge in [-0.3, -0.25) is 9.59 Å². The number of nitrogens with one attached hydrogen (secondary N) is 2. The van der Waals surface area contributed by atoms with Crippen LogP contribution >= 0.6 is 0 Å². The number of unbranched alkanes of at least 4 members (excludes halogenated alkanes) is 2. The van der Waals surface area contributed by atoms with E-state index in [0.717, 1.165) is 31.1 Å². The summed E-state index contributed by atoms with van der Waals surface area (Å²) in [4.78, 5) is 32.3. The largest absolute Gasteiger partial charge is 0.311 e. The van der Waals surface area contributed by atoms with Crippen molar-refractivity contribution in [3.05, 3.63) is 24.3 Å². The average molecular weight is 328 g/mol. The van der Waals surface area contributed by atoms with Crippen LogP contribution in [0.5, 0.6) is 0 Å². The first-order chi connectivity index (χ1) is 11.6. The number of hydrogen-bond donors (Lipinski definition) is 2. The number of aromatic nitrogens is 2. The minimum Gasteiger partial charge on any atom is -0.311 e. The maximum Gasteiger partial charge on any atom is 0.225 e. The van der Waals surface area contributed by atoms with Gasteiger partial charge in [0.25, 0.3) is 0 Å².